The molecule has 31 heavy (non-hydrogen) atoms. The van der Waals surface area contributed by atoms with E-state index in [1.54, 1.807) is 0 Å². The largest absolute Gasteiger partial charge is 0.369 e. The smallest absolute Gasteiger partial charge is 0.224 e. The van der Waals surface area contributed by atoms with Crippen molar-refractivity contribution in [2.75, 3.05) is 57.3 Å². The van der Waals surface area contributed by atoms with Gasteiger partial charge in [-0.25, -0.2) is 4.39 Å². The summed E-state index contributed by atoms with van der Waals surface area (Å²) in [7, 11) is 0. The number of carbonyl (C=O) groups is 1. The van der Waals surface area contributed by atoms with Crippen molar-refractivity contribution in [3.8, 4) is 0 Å². The van der Waals surface area contributed by atoms with Crippen LogP contribution in [0.4, 0.5) is 10.1 Å². The maximum absolute atomic E-state index is 13.1. The van der Waals surface area contributed by atoms with Crippen LogP contribution < -0.4 is 10.2 Å². The van der Waals surface area contributed by atoms with Gasteiger partial charge in [-0.1, -0.05) is 30.3 Å². The Kier molecular flexibility index (Phi) is 7.54. The number of nitrogens with one attached hydrogen (secondary N) is 1. The number of benzene rings is 2. The Hall–Kier alpha value is -2.44. The van der Waals surface area contributed by atoms with E-state index in [0.717, 1.165) is 70.9 Å². The van der Waals surface area contributed by atoms with Crippen molar-refractivity contribution in [1.29, 1.82) is 0 Å². The summed E-state index contributed by atoms with van der Waals surface area (Å²) in [5.41, 5.74) is 2.38. The number of likely N-dealkylation sites (tertiary alicyclic amines) is 1. The topological polar surface area (TPSA) is 38.8 Å². The molecule has 2 aliphatic rings. The molecule has 0 aromatic heterocycles. The van der Waals surface area contributed by atoms with Crippen LogP contribution in [0.1, 0.15) is 18.4 Å². The average Bonchev–Trinajstić information content (AvgIpc) is 2.81. The lowest BCUT2D eigenvalue weighted by atomic mass is 9.96. The Labute approximate surface area is 184 Å². The Bertz CT molecular complexity index is 821. The third-order valence-electron chi connectivity index (χ3n) is 6.42. The molecule has 2 fully saturated rings. The monoisotopic (exact) mass is 424 g/mol. The maximum Gasteiger partial charge on any atom is 0.224 e. The molecule has 2 aromatic carbocycles. The van der Waals surface area contributed by atoms with Crippen molar-refractivity contribution >= 4 is 11.6 Å². The van der Waals surface area contributed by atoms with E-state index in [1.807, 2.05) is 18.2 Å². The highest BCUT2D eigenvalue weighted by atomic mass is 19.1. The van der Waals surface area contributed by atoms with E-state index in [1.165, 1.54) is 17.7 Å². The number of carbonyl (C=O) groups excluding carboxylic acids is 1. The second-order valence-corrected chi connectivity index (χ2v) is 8.66. The third-order valence-corrected chi connectivity index (χ3v) is 6.42. The fourth-order valence-electron chi connectivity index (χ4n) is 4.62. The van der Waals surface area contributed by atoms with Crippen LogP contribution in [-0.4, -0.2) is 68.1 Å². The van der Waals surface area contributed by atoms with Crippen LogP contribution in [0, 0.1) is 11.7 Å². The second kappa shape index (κ2) is 10.7. The number of hydrogen-bond acceptors (Lipinski definition) is 4. The van der Waals surface area contributed by atoms with Gasteiger partial charge in [-0.05, 0) is 49.2 Å². The molecule has 1 N–H and O–H groups in total. The van der Waals surface area contributed by atoms with Crippen LogP contribution in [0.3, 0.4) is 0 Å². The minimum Gasteiger partial charge on any atom is -0.369 e. The predicted molar refractivity (Wildman–Crippen MR) is 123 cm³/mol. The van der Waals surface area contributed by atoms with Crippen LogP contribution in [-0.2, 0) is 11.3 Å². The van der Waals surface area contributed by atoms with Gasteiger partial charge in [0.05, 0.1) is 5.92 Å². The molecule has 0 bridgehead atoms. The molecule has 1 amide bonds. The van der Waals surface area contributed by atoms with Gasteiger partial charge in [-0.3, -0.25) is 14.6 Å². The van der Waals surface area contributed by atoms with Gasteiger partial charge in [0, 0.05) is 58.0 Å². The minimum atomic E-state index is -0.195. The molecule has 2 aromatic rings. The molecule has 1 atom stereocenters. The van der Waals surface area contributed by atoms with Gasteiger partial charge in [0.2, 0.25) is 5.91 Å². The SMILES string of the molecule is O=C(NCCN1CCN(c2ccc(F)cc2)CC1)C1CCCN(Cc2ccccc2)C1. The lowest BCUT2D eigenvalue weighted by molar-refractivity contribution is -0.126. The van der Waals surface area contributed by atoms with Gasteiger partial charge in [0.15, 0.2) is 0 Å². The highest BCUT2D eigenvalue weighted by Crippen LogP contribution is 2.19. The zero-order valence-electron chi connectivity index (χ0n) is 18.2. The first-order valence-corrected chi connectivity index (χ1v) is 11.4. The quantitative estimate of drug-likeness (QED) is 0.742. The normalized spacial score (nSPS) is 20.5. The van der Waals surface area contributed by atoms with E-state index in [0.29, 0.717) is 6.54 Å². The Morgan fingerprint density at radius 3 is 2.42 bits per heavy atom. The lowest BCUT2D eigenvalue weighted by Crippen LogP contribution is -2.49. The molecule has 166 valence electrons. The fraction of sp³-hybridized carbons (Fsp3) is 0.480. The summed E-state index contributed by atoms with van der Waals surface area (Å²) in [5, 5.41) is 3.17. The first kappa shape index (κ1) is 21.8. The van der Waals surface area contributed by atoms with Gasteiger partial charge >= 0.3 is 0 Å². The van der Waals surface area contributed by atoms with Crippen LogP contribution in [0.25, 0.3) is 0 Å². The summed E-state index contributed by atoms with van der Waals surface area (Å²) in [4.78, 5) is 19.8. The highest BCUT2D eigenvalue weighted by Gasteiger charge is 2.26. The summed E-state index contributed by atoms with van der Waals surface area (Å²) in [6.07, 6.45) is 2.06. The second-order valence-electron chi connectivity index (χ2n) is 8.66. The van der Waals surface area contributed by atoms with Crippen LogP contribution in [0.5, 0.6) is 0 Å². The van der Waals surface area contributed by atoms with Crippen molar-refractivity contribution in [2.24, 2.45) is 5.92 Å². The predicted octanol–water partition coefficient (Wildman–Crippen LogP) is 2.98. The molecule has 0 saturated carbocycles. The highest BCUT2D eigenvalue weighted by molar-refractivity contribution is 5.78. The standard InChI is InChI=1S/C25H33FN4O/c26-23-8-10-24(11-9-23)30-17-15-28(16-18-30)14-12-27-25(31)22-7-4-13-29(20-22)19-21-5-2-1-3-6-21/h1-3,5-6,8-11,22H,4,7,12-20H2,(H,27,31). The van der Waals surface area contributed by atoms with Crippen molar-refractivity contribution in [1.82, 2.24) is 15.1 Å². The summed E-state index contributed by atoms with van der Waals surface area (Å²) in [6.45, 7) is 8.18. The van der Waals surface area contributed by atoms with Crippen molar-refractivity contribution in [2.45, 2.75) is 19.4 Å². The molecular weight excluding hydrogens is 391 g/mol. The lowest BCUT2D eigenvalue weighted by Gasteiger charge is -2.36. The number of hydrogen-bond donors (Lipinski definition) is 1. The molecule has 0 radical (unpaired) electrons. The van der Waals surface area contributed by atoms with Gasteiger partial charge in [0.25, 0.3) is 0 Å². The average molecular weight is 425 g/mol. The molecular formula is C25H33FN4O. The van der Waals surface area contributed by atoms with Crippen molar-refractivity contribution in [3.05, 3.63) is 66.0 Å². The minimum absolute atomic E-state index is 0.0905. The first-order valence-electron chi connectivity index (χ1n) is 11.4. The molecule has 4 rings (SSSR count). The number of amides is 1. The van der Waals surface area contributed by atoms with Gasteiger partial charge in [-0.15, -0.1) is 0 Å². The summed E-state index contributed by atoms with van der Waals surface area (Å²) < 4.78 is 13.1. The summed E-state index contributed by atoms with van der Waals surface area (Å²) in [6, 6.07) is 17.2. The number of anilines is 1. The van der Waals surface area contributed by atoms with E-state index >= 15 is 0 Å². The van der Waals surface area contributed by atoms with Crippen molar-refractivity contribution in [3.63, 3.8) is 0 Å². The third kappa shape index (κ3) is 6.28. The molecule has 5 nitrogen and oxygen atoms in total. The number of nitrogens with zero attached hydrogens (tertiary/aromatic N) is 3. The molecule has 6 heteroatoms. The summed E-state index contributed by atoms with van der Waals surface area (Å²) >= 11 is 0. The van der Waals surface area contributed by atoms with Gasteiger partial charge < -0.3 is 10.2 Å². The zero-order valence-corrected chi connectivity index (χ0v) is 18.2. The van der Waals surface area contributed by atoms with Gasteiger partial charge in [0.1, 0.15) is 5.82 Å². The van der Waals surface area contributed by atoms with E-state index in [4.69, 9.17) is 0 Å². The van der Waals surface area contributed by atoms with Crippen LogP contribution >= 0.6 is 0 Å². The van der Waals surface area contributed by atoms with Crippen LogP contribution in [0.15, 0.2) is 54.6 Å². The van der Waals surface area contributed by atoms with E-state index in [9.17, 15) is 9.18 Å². The molecule has 0 aliphatic carbocycles. The molecule has 2 heterocycles. The Balaban J connectivity index is 1.15. The van der Waals surface area contributed by atoms with E-state index < -0.39 is 0 Å². The molecule has 0 spiro atoms. The molecule has 1 unspecified atom stereocenters. The van der Waals surface area contributed by atoms with Crippen molar-refractivity contribution < 1.29 is 9.18 Å². The van der Waals surface area contributed by atoms with Gasteiger partial charge in [-0.2, -0.15) is 0 Å². The number of piperazine rings is 1. The summed E-state index contributed by atoms with van der Waals surface area (Å²) in [5.74, 6) is 0.0924. The van der Waals surface area contributed by atoms with Crippen LogP contribution in [0.2, 0.25) is 0 Å². The van der Waals surface area contributed by atoms with E-state index in [-0.39, 0.29) is 17.6 Å². The Morgan fingerprint density at radius 1 is 0.935 bits per heavy atom. The number of rotatable bonds is 7. The number of halogens is 1. The zero-order chi connectivity index (χ0) is 21.5. The molecule has 2 saturated heterocycles. The first-order chi connectivity index (χ1) is 15.2. The number of piperidine rings is 1. The maximum atomic E-state index is 13.1. The van der Waals surface area contributed by atoms with E-state index in [2.05, 4.69) is 44.3 Å². The molecule has 2 aliphatic heterocycles. The Morgan fingerprint density at radius 2 is 1.68 bits per heavy atom. The fourth-order valence-corrected chi connectivity index (χ4v) is 4.62.